The van der Waals surface area contributed by atoms with E-state index in [1.165, 1.54) is 28.4 Å². The normalized spacial score (nSPS) is 19.1. The number of piperidine rings is 1. The average molecular weight is 453 g/mol. The summed E-state index contributed by atoms with van der Waals surface area (Å²) in [6.07, 6.45) is 3.62. The van der Waals surface area contributed by atoms with E-state index in [0.29, 0.717) is 42.7 Å². The number of imidazole rings is 1. The molecule has 0 amide bonds. The second-order valence-electron chi connectivity index (χ2n) is 9.31. The maximum atomic E-state index is 13.6. The Hall–Kier alpha value is -3.07. The number of likely N-dealkylation sites (tertiary alicyclic amines) is 1. The number of rotatable bonds is 5. The largest absolute Gasteiger partial charge is 0.497 e. The van der Waals surface area contributed by atoms with Gasteiger partial charge >= 0.3 is 5.69 Å². The lowest BCUT2D eigenvalue weighted by Crippen LogP contribution is -2.43. The lowest BCUT2D eigenvalue weighted by Gasteiger charge is -2.33. The maximum Gasteiger partial charge on any atom is 0.332 e. The Kier molecular flexibility index (Phi) is 5.74. The fraction of sp³-hybridized carbons (Fsp3) is 0.542. The second kappa shape index (κ2) is 8.70. The van der Waals surface area contributed by atoms with Crippen LogP contribution in [0.25, 0.3) is 11.2 Å². The summed E-state index contributed by atoms with van der Waals surface area (Å²) in [5, 5.41) is 0. The molecule has 9 nitrogen and oxygen atoms in total. The van der Waals surface area contributed by atoms with Gasteiger partial charge in [-0.05, 0) is 44.0 Å². The summed E-state index contributed by atoms with van der Waals surface area (Å²) in [5.41, 5.74) is 1.35. The van der Waals surface area contributed by atoms with Gasteiger partial charge in [0, 0.05) is 45.0 Å². The van der Waals surface area contributed by atoms with Crippen LogP contribution in [0.3, 0.4) is 0 Å². The molecule has 2 aromatic heterocycles. The lowest BCUT2D eigenvalue weighted by molar-refractivity contribution is 0.218. The molecule has 1 fully saturated rings. The molecule has 1 atom stereocenters. The molecule has 176 valence electrons. The minimum Gasteiger partial charge on any atom is -0.497 e. The number of aryl methyl sites for hydroxylation is 1. The van der Waals surface area contributed by atoms with Gasteiger partial charge in [-0.25, -0.2) is 4.79 Å². The number of benzene rings is 1. The second-order valence-corrected chi connectivity index (χ2v) is 9.31. The summed E-state index contributed by atoms with van der Waals surface area (Å²) in [5.74, 6) is 1.76. The molecule has 2 aliphatic heterocycles. The van der Waals surface area contributed by atoms with Crippen molar-refractivity contribution in [3.63, 3.8) is 0 Å². The van der Waals surface area contributed by atoms with Crippen molar-refractivity contribution in [3.8, 4) is 5.75 Å². The summed E-state index contributed by atoms with van der Waals surface area (Å²) in [4.78, 5) is 36.0. The van der Waals surface area contributed by atoms with Gasteiger partial charge in [-0.3, -0.25) is 13.9 Å². The van der Waals surface area contributed by atoms with Crippen LogP contribution in [0, 0.1) is 5.92 Å². The predicted molar refractivity (Wildman–Crippen MR) is 129 cm³/mol. The quantitative estimate of drug-likeness (QED) is 0.591. The van der Waals surface area contributed by atoms with E-state index in [9.17, 15) is 9.59 Å². The van der Waals surface area contributed by atoms with Crippen molar-refractivity contribution in [1.82, 2.24) is 23.6 Å². The van der Waals surface area contributed by atoms with Crippen LogP contribution in [0.1, 0.15) is 26.2 Å². The van der Waals surface area contributed by atoms with Crippen molar-refractivity contribution in [2.75, 3.05) is 38.2 Å². The fourth-order valence-electron chi connectivity index (χ4n) is 5.12. The van der Waals surface area contributed by atoms with Crippen molar-refractivity contribution in [2.24, 2.45) is 13.0 Å². The number of aromatic nitrogens is 4. The molecule has 0 aliphatic carbocycles. The Morgan fingerprint density at radius 2 is 1.88 bits per heavy atom. The third kappa shape index (κ3) is 3.84. The summed E-state index contributed by atoms with van der Waals surface area (Å²) in [7, 11) is 3.36. The topological polar surface area (TPSA) is 77.5 Å². The van der Waals surface area contributed by atoms with Crippen molar-refractivity contribution in [2.45, 2.75) is 39.3 Å². The average Bonchev–Trinajstić information content (AvgIpc) is 3.22. The third-order valence-electron chi connectivity index (χ3n) is 6.90. The minimum absolute atomic E-state index is 0.247. The van der Waals surface area contributed by atoms with Gasteiger partial charge in [-0.2, -0.15) is 4.98 Å². The zero-order valence-electron chi connectivity index (χ0n) is 19.7. The summed E-state index contributed by atoms with van der Waals surface area (Å²) in [6, 6.07) is 7.84. The van der Waals surface area contributed by atoms with Crippen LogP contribution >= 0.6 is 0 Å². The molecule has 0 bridgehead atoms. The first kappa shape index (κ1) is 21.8. The van der Waals surface area contributed by atoms with Crippen LogP contribution in [-0.4, -0.2) is 56.9 Å². The standard InChI is InChI=1S/C24H32N6O3/c1-17-15-29(18-8-7-9-19(14-18)33-3)23-25-21-20(30(23)16-17)22(31)28(24(32)26(21)2)13-12-27-10-5-4-6-11-27/h7-9,14,17H,4-6,10-13,15-16H2,1-3H3/t17-/m0/s1. The van der Waals surface area contributed by atoms with Crippen molar-refractivity contribution in [1.29, 1.82) is 0 Å². The van der Waals surface area contributed by atoms with E-state index in [2.05, 4.69) is 16.7 Å². The zero-order valence-corrected chi connectivity index (χ0v) is 19.7. The number of hydrogen-bond donors (Lipinski definition) is 0. The highest BCUT2D eigenvalue weighted by Gasteiger charge is 2.30. The highest BCUT2D eigenvalue weighted by molar-refractivity contribution is 5.77. The van der Waals surface area contributed by atoms with Crippen LogP contribution in [0.2, 0.25) is 0 Å². The van der Waals surface area contributed by atoms with Gasteiger partial charge in [0.2, 0.25) is 5.95 Å². The fourth-order valence-corrected chi connectivity index (χ4v) is 5.12. The van der Waals surface area contributed by atoms with E-state index < -0.39 is 0 Å². The van der Waals surface area contributed by atoms with Crippen LogP contribution in [-0.2, 0) is 20.1 Å². The zero-order chi connectivity index (χ0) is 23.1. The van der Waals surface area contributed by atoms with Crippen LogP contribution in [0.4, 0.5) is 11.6 Å². The Balaban J connectivity index is 1.60. The van der Waals surface area contributed by atoms with E-state index in [4.69, 9.17) is 9.72 Å². The van der Waals surface area contributed by atoms with Gasteiger partial charge in [-0.15, -0.1) is 0 Å². The maximum absolute atomic E-state index is 13.6. The predicted octanol–water partition coefficient (Wildman–Crippen LogP) is 2.18. The molecule has 33 heavy (non-hydrogen) atoms. The molecule has 1 saturated heterocycles. The number of nitrogens with zero attached hydrogens (tertiary/aromatic N) is 6. The third-order valence-corrected chi connectivity index (χ3v) is 6.90. The van der Waals surface area contributed by atoms with Gasteiger partial charge in [0.25, 0.3) is 5.56 Å². The minimum atomic E-state index is -0.305. The number of hydrogen-bond acceptors (Lipinski definition) is 6. The molecular formula is C24H32N6O3. The number of methoxy groups -OCH3 is 1. The van der Waals surface area contributed by atoms with Crippen molar-refractivity contribution < 1.29 is 4.74 Å². The molecule has 0 saturated carbocycles. The molecule has 2 aliphatic rings. The number of fused-ring (bicyclic) bond motifs is 3. The molecule has 3 aromatic rings. The SMILES string of the molecule is COc1cccc(N2C[C@H](C)Cn3c2nc2c3c(=O)n(CCN3CCCCC3)c(=O)n2C)c1. The molecule has 0 spiro atoms. The monoisotopic (exact) mass is 452 g/mol. The van der Waals surface area contributed by atoms with Crippen LogP contribution in [0.15, 0.2) is 33.9 Å². The van der Waals surface area contributed by atoms with E-state index in [1.807, 2.05) is 28.8 Å². The van der Waals surface area contributed by atoms with Crippen molar-refractivity contribution in [3.05, 3.63) is 45.1 Å². The van der Waals surface area contributed by atoms with Crippen LogP contribution < -0.4 is 20.9 Å². The van der Waals surface area contributed by atoms with Crippen LogP contribution in [0.5, 0.6) is 5.75 Å². The lowest BCUT2D eigenvalue weighted by atomic mass is 10.1. The molecule has 0 N–H and O–H groups in total. The van der Waals surface area contributed by atoms with E-state index in [-0.39, 0.29) is 11.2 Å². The summed E-state index contributed by atoms with van der Waals surface area (Å²) < 4.78 is 10.3. The molecule has 9 heteroatoms. The highest BCUT2D eigenvalue weighted by atomic mass is 16.5. The Labute approximate surface area is 192 Å². The number of ether oxygens (including phenoxy) is 1. The Morgan fingerprint density at radius 1 is 1.09 bits per heavy atom. The number of anilines is 2. The van der Waals surface area contributed by atoms with Crippen molar-refractivity contribution >= 4 is 22.8 Å². The van der Waals surface area contributed by atoms with E-state index in [1.54, 1.807) is 14.2 Å². The molecule has 0 unspecified atom stereocenters. The van der Waals surface area contributed by atoms with E-state index in [0.717, 1.165) is 31.1 Å². The molecule has 0 radical (unpaired) electrons. The molecule has 5 rings (SSSR count). The summed E-state index contributed by atoms with van der Waals surface area (Å²) >= 11 is 0. The Morgan fingerprint density at radius 3 is 2.64 bits per heavy atom. The van der Waals surface area contributed by atoms with Gasteiger partial charge in [0.15, 0.2) is 11.2 Å². The Bertz CT molecular complexity index is 1280. The first-order valence-electron chi connectivity index (χ1n) is 11.8. The molecule has 1 aromatic carbocycles. The van der Waals surface area contributed by atoms with E-state index >= 15 is 0 Å². The summed E-state index contributed by atoms with van der Waals surface area (Å²) in [6.45, 7) is 6.81. The molecule has 4 heterocycles. The first-order valence-corrected chi connectivity index (χ1v) is 11.8. The van der Waals surface area contributed by atoms with Gasteiger partial charge < -0.3 is 19.1 Å². The highest BCUT2D eigenvalue weighted by Crippen LogP contribution is 2.34. The van der Waals surface area contributed by atoms with Gasteiger partial charge in [0.1, 0.15) is 5.75 Å². The van der Waals surface area contributed by atoms with Gasteiger partial charge in [0.05, 0.1) is 7.11 Å². The smallest absolute Gasteiger partial charge is 0.332 e. The van der Waals surface area contributed by atoms with Gasteiger partial charge in [-0.1, -0.05) is 19.4 Å². The molecular weight excluding hydrogens is 420 g/mol. The first-order chi connectivity index (χ1) is 16.0.